The van der Waals surface area contributed by atoms with Crippen LogP contribution >= 0.6 is 0 Å². The van der Waals surface area contributed by atoms with Gasteiger partial charge in [-0.05, 0) is 36.5 Å². The van der Waals surface area contributed by atoms with Crippen LogP contribution < -0.4 is 4.90 Å². The highest BCUT2D eigenvalue weighted by Crippen LogP contribution is 2.28. The number of rotatable bonds is 2. The van der Waals surface area contributed by atoms with E-state index in [1.54, 1.807) is 6.07 Å². The third kappa shape index (κ3) is 2.48. The molecule has 0 amide bonds. The molecule has 2 atom stereocenters. The molecule has 1 aliphatic rings. The minimum Gasteiger partial charge on any atom is -0.371 e. The van der Waals surface area contributed by atoms with E-state index in [0.717, 1.165) is 31.5 Å². The minimum absolute atomic E-state index is 0.353. The van der Waals surface area contributed by atoms with Gasteiger partial charge in [-0.2, -0.15) is 0 Å². The van der Waals surface area contributed by atoms with E-state index >= 15 is 0 Å². The van der Waals surface area contributed by atoms with Gasteiger partial charge in [-0.3, -0.25) is 4.79 Å². The summed E-state index contributed by atoms with van der Waals surface area (Å²) in [6, 6.07) is 4.44. The Labute approximate surface area is 101 Å². The van der Waals surface area contributed by atoms with Gasteiger partial charge in [-0.25, -0.2) is 4.39 Å². The molecule has 1 fully saturated rings. The summed E-state index contributed by atoms with van der Waals surface area (Å²) in [6.07, 6.45) is 1.86. The van der Waals surface area contributed by atoms with Gasteiger partial charge >= 0.3 is 0 Å². The lowest BCUT2D eigenvalue weighted by Gasteiger charge is -2.37. The first-order valence-electron chi connectivity index (χ1n) is 6.11. The van der Waals surface area contributed by atoms with E-state index in [1.165, 1.54) is 12.1 Å². The van der Waals surface area contributed by atoms with Gasteiger partial charge in [0.2, 0.25) is 0 Å². The molecule has 0 radical (unpaired) electrons. The fourth-order valence-corrected chi connectivity index (χ4v) is 2.39. The second-order valence-corrected chi connectivity index (χ2v) is 5.01. The normalized spacial score (nSPS) is 24.8. The van der Waals surface area contributed by atoms with Crippen LogP contribution in [0.1, 0.15) is 30.6 Å². The Kier molecular flexibility index (Phi) is 3.46. The summed E-state index contributed by atoms with van der Waals surface area (Å²) >= 11 is 0. The maximum atomic E-state index is 13.1. The Hall–Kier alpha value is -1.38. The molecule has 0 aliphatic carbocycles. The van der Waals surface area contributed by atoms with Gasteiger partial charge in [-0.15, -0.1) is 0 Å². The van der Waals surface area contributed by atoms with Crippen molar-refractivity contribution in [2.24, 2.45) is 11.8 Å². The van der Waals surface area contributed by atoms with E-state index in [9.17, 15) is 9.18 Å². The summed E-state index contributed by atoms with van der Waals surface area (Å²) in [5, 5.41) is 0. The highest BCUT2D eigenvalue weighted by molar-refractivity contribution is 5.84. The van der Waals surface area contributed by atoms with Crippen molar-refractivity contribution in [3.8, 4) is 0 Å². The number of aldehydes is 1. The fraction of sp³-hybridized carbons (Fsp3) is 0.500. The lowest BCUT2D eigenvalue weighted by molar-refractivity contribution is 0.112. The van der Waals surface area contributed by atoms with Gasteiger partial charge in [0.1, 0.15) is 5.82 Å². The van der Waals surface area contributed by atoms with Crippen molar-refractivity contribution >= 4 is 12.0 Å². The Balaban J connectivity index is 2.25. The second kappa shape index (κ2) is 4.86. The van der Waals surface area contributed by atoms with Crippen LogP contribution in [0.15, 0.2) is 18.2 Å². The SMILES string of the molecule is CC1CCN(c2ccc(F)cc2C=O)CC1C. The molecule has 1 saturated heterocycles. The van der Waals surface area contributed by atoms with Crippen molar-refractivity contribution in [1.82, 2.24) is 0 Å². The molecule has 2 unspecified atom stereocenters. The van der Waals surface area contributed by atoms with E-state index in [-0.39, 0.29) is 5.82 Å². The molecular weight excluding hydrogens is 217 g/mol. The lowest BCUT2D eigenvalue weighted by Crippen LogP contribution is -2.38. The molecule has 0 bridgehead atoms. The predicted molar refractivity (Wildman–Crippen MR) is 66.9 cm³/mol. The van der Waals surface area contributed by atoms with Crippen molar-refractivity contribution in [1.29, 1.82) is 0 Å². The smallest absolute Gasteiger partial charge is 0.152 e. The number of nitrogens with zero attached hydrogens (tertiary/aromatic N) is 1. The summed E-state index contributed by atoms with van der Waals surface area (Å²) in [5.41, 5.74) is 1.31. The van der Waals surface area contributed by atoms with Crippen LogP contribution in [0.5, 0.6) is 0 Å². The van der Waals surface area contributed by atoms with Crippen LogP contribution in [-0.4, -0.2) is 19.4 Å². The number of piperidine rings is 1. The predicted octanol–water partition coefficient (Wildman–Crippen LogP) is 3.12. The molecule has 2 nitrogen and oxygen atoms in total. The Morgan fingerprint density at radius 2 is 2.12 bits per heavy atom. The van der Waals surface area contributed by atoms with Crippen LogP contribution in [-0.2, 0) is 0 Å². The molecule has 0 spiro atoms. The summed E-state index contributed by atoms with van der Waals surface area (Å²) in [6.45, 7) is 6.36. The first-order chi connectivity index (χ1) is 8.11. The average molecular weight is 235 g/mol. The second-order valence-electron chi connectivity index (χ2n) is 5.01. The summed E-state index contributed by atoms with van der Waals surface area (Å²) in [5.74, 6) is 0.967. The molecule has 1 aliphatic heterocycles. The Morgan fingerprint density at radius 1 is 1.35 bits per heavy atom. The van der Waals surface area contributed by atoms with E-state index < -0.39 is 0 Å². The zero-order valence-corrected chi connectivity index (χ0v) is 10.3. The number of halogens is 1. The van der Waals surface area contributed by atoms with Crippen LogP contribution in [0.2, 0.25) is 0 Å². The molecule has 1 aromatic rings. The van der Waals surface area contributed by atoms with Crippen LogP contribution in [0.3, 0.4) is 0 Å². The van der Waals surface area contributed by atoms with Crippen LogP contribution in [0.25, 0.3) is 0 Å². The number of hydrogen-bond donors (Lipinski definition) is 0. The van der Waals surface area contributed by atoms with E-state index in [1.807, 2.05) is 0 Å². The molecular formula is C14H18FNO. The maximum Gasteiger partial charge on any atom is 0.152 e. The highest BCUT2D eigenvalue weighted by atomic mass is 19.1. The molecule has 92 valence electrons. The molecule has 3 heteroatoms. The van der Waals surface area contributed by atoms with Crippen molar-refractivity contribution in [3.05, 3.63) is 29.6 Å². The van der Waals surface area contributed by atoms with Crippen molar-refractivity contribution in [2.75, 3.05) is 18.0 Å². The number of carbonyl (C=O) groups is 1. The standard InChI is InChI=1S/C14H18FNO/c1-10-5-6-16(8-11(10)2)14-4-3-13(15)7-12(14)9-17/h3-4,7,9-11H,5-6,8H2,1-2H3. The largest absolute Gasteiger partial charge is 0.371 e. The Morgan fingerprint density at radius 3 is 2.76 bits per heavy atom. The molecule has 0 saturated carbocycles. The quantitative estimate of drug-likeness (QED) is 0.734. The fourth-order valence-electron chi connectivity index (χ4n) is 2.39. The minimum atomic E-state index is -0.353. The highest BCUT2D eigenvalue weighted by Gasteiger charge is 2.24. The van der Waals surface area contributed by atoms with Crippen molar-refractivity contribution < 1.29 is 9.18 Å². The molecule has 1 aromatic carbocycles. The maximum absolute atomic E-state index is 13.1. The molecule has 0 aromatic heterocycles. The summed E-state index contributed by atoms with van der Waals surface area (Å²) in [7, 11) is 0. The first kappa shape index (κ1) is 12.1. The zero-order valence-electron chi connectivity index (χ0n) is 10.3. The monoisotopic (exact) mass is 235 g/mol. The van der Waals surface area contributed by atoms with Gasteiger partial charge in [0.05, 0.1) is 0 Å². The van der Waals surface area contributed by atoms with Gasteiger partial charge in [0.25, 0.3) is 0 Å². The Bertz CT molecular complexity index is 419. The van der Waals surface area contributed by atoms with Crippen LogP contribution in [0, 0.1) is 17.7 Å². The zero-order chi connectivity index (χ0) is 12.4. The van der Waals surface area contributed by atoms with Gasteiger partial charge in [0.15, 0.2) is 6.29 Å². The van der Waals surface area contributed by atoms with Gasteiger partial charge in [-0.1, -0.05) is 13.8 Å². The van der Waals surface area contributed by atoms with Gasteiger partial charge in [0, 0.05) is 24.3 Å². The topological polar surface area (TPSA) is 20.3 Å². The van der Waals surface area contributed by atoms with E-state index in [0.29, 0.717) is 17.4 Å². The van der Waals surface area contributed by atoms with Crippen molar-refractivity contribution in [2.45, 2.75) is 20.3 Å². The van der Waals surface area contributed by atoms with Crippen molar-refractivity contribution in [3.63, 3.8) is 0 Å². The summed E-state index contributed by atoms with van der Waals surface area (Å²) < 4.78 is 13.1. The molecule has 17 heavy (non-hydrogen) atoms. The van der Waals surface area contributed by atoms with Crippen LogP contribution in [0.4, 0.5) is 10.1 Å². The number of hydrogen-bond acceptors (Lipinski definition) is 2. The molecule has 2 rings (SSSR count). The van der Waals surface area contributed by atoms with Gasteiger partial charge < -0.3 is 4.90 Å². The number of anilines is 1. The number of carbonyl (C=O) groups excluding carboxylic acids is 1. The molecule has 0 N–H and O–H groups in total. The first-order valence-corrected chi connectivity index (χ1v) is 6.11. The number of benzene rings is 1. The third-order valence-electron chi connectivity index (χ3n) is 3.79. The van der Waals surface area contributed by atoms with E-state index in [2.05, 4.69) is 18.7 Å². The molecule has 1 heterocycles. The lowest BCUT2D eigenvalue weighted by atomic mass is 9.88. The summed E-state index contributed by atoms with van der Waals surface area (Å²) in [4.78, 5) is 13.2. The average Bonchev–Trinajstić information content (AvgIpc) is 2.32. The van der Waals surface area contributed by atoms with E-state index in [4.69, 9.17) is 0 Å². The third-order valence-corrected chi connectivity index (χ3v) is 3.79.